The van der Waals surface area contributed by atoms with Crippen LogP contribution in [-0.4, -0.2) is 12.4 Å². The Labute approximate surface area is 126 Å². The third-order valence-electron chi connectivity index (χ3n) is 4.43. The molecule has 0 spiro atoms. The molecule has 2 aromatic rings. The van der Waals surface area contributed by atoms with Gasteiger partial charge in [-0.05, 0) is 37.3 Å². The van der Waals surface area contributed by atoms with Crippen molar-refractivity contribution >= 4 is 16.6 Å². The number of Topliss-reactive ketones (excluding diaryl/α,β-unsaturated/α-hetero) is 1. The molecule has 110 valence electrons. The van der Waals surface area contributed by atoms with Crippen molar-refractivity contribution in [2.45, 2.75) is 39.0 Å². The van der Waals surface area contributed by atoms with Gasteiger partial charge in [0.05, 0.1) is 6.61 Å². The van der Waals surface area contributed by atoms with E-state index in [0.717, 1.165) is 34.9 Å². The van der Waals surface area contributed by atoms with E-state index in [2.05, 4.69) is 0 Å². The van der Waals surface area contributed by atoms with Gasteiger partial charge in [-0.15, -0.1) is 0 Å². The van der Waals surface area contributed by atoms with Gasteiger partial charge in [0.1, 0.15) is 5.75 Å². The molecule has 1 fully saturated rings. The number of carbonyl (C=O) groups excluding carboxylic acids is 1. The summed E-state index contributed by atoms with van der Waals surface area (Å²) in [5, 5.41) is 2.07. The molecule has 3 rings (SSSR count). The van der Waals surface area contributed by atoms with Crippen molar-refractivity contribution in [3.63, 3.8) is 0 Å². The van der Waals surface area contributed by atoms with Crippen LogP contribution in [0.4, 0.5) is 0 Å². The van der Waals surface area contributed by atoms with Crippen molar-refractivity contribution in [2.24, 2.45) is 5.92 Å². The highest BCUT2D eigenvalue weighted by molar-refractivity contribution is 6.10. The fourth-order valence-corrected chi connectivity index (χ4v) is 3.35. The summed E-state index contributed by atoms with van der Waals surface area (Å²) in [6.45, 7) is 2.62. The quantitative estimate of drug-likeness (QED) is 0.737. The minimum Gasteiger partial charge on any atom is -0.493 e. The van der Waals surface area contributed by atoms with E-state index in [4.69, 9.17) is 4.74 Å². The van der Waals surface area contributed by atoms with Crippen molar-refractivity contribution in [2.75, 3.05) is 6.61 Å². The Morgan fingerprint density at radius 3 is 2.48 bits per heavy atom. The summed E-state index contributed by atoms with van der Waals surface area (Å²) in [5.74, 6) is 1.39. The predicted octanol–water partition coefficient (Wildman–Crippen LogP) is 5.00. The van der Waals surface area contributed by atoms with Gasteiger partial charge >= 0.3 is 0 Å². The van der Waals surface area contributed by atoms with Crippen LogP contribution in [0.15, 0.2) is 36.4 Å². The van der Waals surface area contributed by atoms with E-state index >= 15 is 0 Å². The first-order chi connectivity index (χ1) is 10.3. The first-order valence-corrected chi connectivity index (χ1v) is 8.00. The highest BCUT2D eigenvalue weighted by Gasteiger charge is 2.24. The summed E-state index contributed by atoms with van der Waals surface area (Å²) < 4.78 is 5.69. The standard InChI is InChI=1S/C19H22O2/c1-2-21-18-13-12-17(15-10-6-7-11-16(15)18)19(20)14-8-4-3-5-9-14/h6-7,10-14H,2-5,8-9H2,1H3. The second kappa shape index (κ2) is 6.30. The van der Waals surface area contributed by atoms with Crippen molar-refractivity contribution in [3.8, 4) is 5.75 Å². The summed E-state index contributed by atoms with van der Waals surface area (Å²) in [7, 11) is 0. The van der Waals surface area contributed by atoms with Gasteiger partial charge < -0.3 is 4.74 Å². The number of carbonyl (C=O) groups is 1. The Balaban J connectivity index is 2.02. The van der Waals surface area contributed by atoms with E-state index in [1.807, 2.05) is 43.3 Å². The summed E-state index contributed by atoms with van der Waals surface area (Å²) in [6.07, 6.45) is 5.73. The lowest BCUT2D eigenvalue weighted by Crippen LogP contribution is -2.18. The highest BCUT2D eigenvalue weighted by Crippen LogP contribution is 2.33. The van der Waals surface area contributed by atoms with E-state index in [9.17, 15) is 4.79 Å². The molecule has 0 bridgehead atoms. The molecule has 0 atom stereocenters. The van der Waals surface area contributed by atoms with Gasteiger partial charge in [0.25, 0.3) is 0 Å². The molecule has 2 nitrogen and oxygen atoms in total. The largest absolute Gasteiger partial charge is 0.493 e. The Kier molecular flexibility index (Phi) is 4.23. The number of benzene rings is 2. The fraction of sp³-hybridized carbons (Fsp3) is 0.421. The predicted molar refractivity (Wildman–Crippen MR) is 86.0 cm³/mol. The molecule has 0 unspecified atom stereocenters. The van der Waals surface area contributed by atoms with Crippen LogP contribution in [0.2, 0.25) is 0 Å². The molecule has 2 heteroatoms. The van der Waals surface area contributed by atoms with Crippen molar-refractivity contribution in [1.29, 1.82) is 0 Å². The fourth-order valence-electron chi connectivity index (χ4n) is 3.35. The molecule has 1 saturated carbocycles. The van der Waals surface area contributed by atoms with Gasteiger partial charge in [-0.1, -0.05) is 43.5 Å². The second-order valence-electron chi connectivity index (χ2n) is 5.79. The van der Waals surface area contributed by atoms with Crippen LogP contribution in [0, 0.1) is 5.92 Å². The van der Waals surface area contributed by atoms with E-state index < -0.39 is 0 Å². The Morgan fingerprint density at radius 2 is 1.76 bits per heavy atom. The van der Waals surface area contributed by atoms with Gasteiger partial charge in [0.15, 0.2) is 5.78 Å². The van der Waals surface area contributed by atoms with Gasteiger partial charge in [0.2, 0.25) is 0 Å². The molecule has 0 heterocycles. The molecule has 0 radical (unpaired) electrons. The minimum absolute atomic E-state index is 0.208. The topological polar surface area (TPSA) is 26.3 Å². The maximum atomic E-state index is 12.8. The molecule has 21 heavy (non-hydrogen) atoms. The molecule has 2 aromatic carbocycles. The van der Waals surface area contributed by atoms with Crippen LogP contribution in [-0.2, 0) is 0 Å². The Bertz CT molecular complexity index is 639. The average molecular weight is 282 g/mol. The summed E-state index contributed by atoms with van der Waals surface area (Å²) >= 11 is 0. The lowest BCUT2D eigenvalue weighted by atomic mass is 9.83. The normalized spacial score (nSPS) is 16.0. The molecule has 0 amide bonds. The van der Waals surface area contributed by atoms with Crippen LogP contribution in [0.25, 0.3) is 10.8 Å². The van der Waals surface area contributed by atoms with Crippen molar-refractivity contribution < 1.29 is 9.53 Å². The molecule has 0 saturated heterocycles. The van der Waals surface area contributed by atoms with E-state index in [1.165, 1.54) is 19.3 Å². The monoisotopic (exact) mass is 282 g/mol. The van der Waals surface area contributed by atoms with Gasteiger partial charge in [0, 0.05) is 16.9 Å². The summed E-state index contributed by atoms with van der Waals surface area (Å²) in [5.41, 5.74) is 0.862. The van der Waals surface area contributed by atoms with Crippen LogP contribution in [0.1, 0.15) is 49.4 Å². The van der Waals surface area contributed by atoms with Crippen LogP contribution in [0.5, 0.6) is 5.75 Å². The van der Waals surface area contributed by atoms with Crippen LogP contribution in [0.3, 0.4) is 0 Å². The smallest absolute Gasteiger partial charge is 0.166 e. The maximum Gasteiger partial charge on any atom is 0.166 e. The number of rotatable bonds is 4. The molecule has 0 N–H and O–H groups in total. The van der Waals surface area contributed by atoms with Gasteiger partial charge in [-0.2, -0.15) is 0 Å². The average Bonchev–Trinajstić information content (AvgIpc) is 2.56. The highest BCUT2D eigenvalue weighted by atomic mass is 16.5. The first kappa shape index (κ1) is 14.1. The number of ketones is 1. The molecular formula is C19H22O2. The SMILES string of the molecule is CCOc1ccc(C(=O)C2CCCCC2)c2ccccc12. The minimum atomic E-state index is 0.208. The number of hydrogen-bond acceptors (Lipinski definition) is 2. The van der Waals surface area contributed by atoms with Crippen molar-refractivity contribution in [3.05, 3.63) is 42.0 Å². The lowest BCUT2D eigenvalue weighted by molar-refractivity contribution is 0.0891. The van der Waals surface area contributed by atoms with Crippen LogP contribution < -0.4 is 4.74 Å². The zero-order valence-electron chi connectivity index (χ0n) is 12.6. The van der Waals surface area contributed by atoms with Gasteiger partial charge in [-0.3, -0.25) is 4.79 Å². The van der Waals surface area contributed by atoms with E-state index in [-0.39, 0.29) is 5.92 Å². The number of ether oxygens (including phenoxy) is 1. The third kappa shape index (κ3) is 2.80. The molecule has 1 aliphatic rings. The Morgan fingerprint density at radius 1 is 1.05 bits per heavy atom. The molecule has 0 aromatic heterocycles. The number of hydrogen-bond donors (Lipinski definition) is 0. The molecular weight excluding hydrogens is 260 g/mol. The zero-order chi connectivity index (χ0) is 14.7. The summed E-state index contributed by atoms with van der Waals surface area (Å²) in [6, 6.07) is 12.0. The maximum absolute atomic E-state index is 12.8. The van der Waals surface area contributed by atoms with E-state index in [1.54, 1.807) is 0 Å². The lowest BCUT2D eigenvalue weighted by Gasteiger charge is -2.21. The molecule has 1 aliphatic carbocycles. The summed E-state index contributed by atoms with van der Waals surface area (Å²) in [4.78, 5) is 12.8. The Hall–Kier alpha value is -1.83. The molecule has 0 aliphatic heterocycles. The zero-order valence-corrected chi connectivity index (χ0v) is 12.6. The van der Waals surface area contributed by atoms with Gasteiger partial charge in [-0.25, -0.2) is 0 Å². The third-order valence-corrected chi connectivity index (χ3v) is 4.43. The van der Waals surface area contributed by atoms with Crippen LogP contribution >= 0.6 is 0 Å². The van der Waals surface area contributed by atoms with Crippen molar-refractivity contribution in [1.82, 2.24) is 0 Å². The number of fused-ring (bicyclic) bond motifs is 1. The second-order valence-corrected chi connectivity index (χ2v) is 5.79. The van der Waals surface area contributed by atoms with E-state index in [0.29, 0.717) is 12.4 Å². The first-order valence-electron chi connectivity index (χ1n) is 8.00.